The summed E-state index contributed by atoms with van der Waals surface area (Å²) in [4.78, 5) is 27.6. The van der Waals surface area contributed by atoms with Crippen LogP contribution in [0.1, 0.15) is 34.1 Å². The summed E-state index contributed by atoms with van der Waals surface area (Å²) in [6, 6.07) is 6.51. The molecule has 0 saturated carbocycles. The quantitative estimate of drug-likeness (QED) is 0.611. The first-order valence-corrected chi connectivity index (χ1v) is 7.35. The van der Waals surface area contributed by atoms with Crippen LogP contribution in [0.3, 0.4) is 0 Å². The number of ether oxygens (including phenoxy) is 3. The Morgan fingerprint density at radius 1 is 1.09 bits per heavy atom. The molecule has 0 aromatic heterocycles. The lowest BCUT2D eigenvalue weighted by Gasteiger charge is -2.17. The van der Waals surface area contributed by atoms with Gasteiger partial charge >= 0.3 is 6.09 Å². The zero-order valence-corrected chi connectivity index (χ0v) is 14.2. The van der Waals surface area contributed by atoms with Crippen LogP contribution >= 0.6 is 0 Å². The van der Waals surface area contributed by atoms with Crippen molar-refractivity contribution in [3.63, 3.8) is 0 Å². The summed E-state index contributed by atoms with van der Waals surface area (Å²) in [5.41, 5.74) is -0.530. The van der Waals surface area contributed by atoms with Crippen molar-refractivity contribution >= 4 is 17.8 Å². The molecule has 1 amide bonds. The molecule has 0 aliphatic carbocycles. The Hall–Kier alpha value is -2.37. The fraction of sp³-hybridized carbons (Fsp3) is 0.471. The summed E-state index contributed by atoms with van der Waals surface area (Å²) >= 11 is 0. The van der Waals surface area contributed by atoms with Crippen molar-refractivity contribution in [1.82, 2.24) is 0 Å². The molecule has 6 nitrogen and oxygen atoms in total. The molecule has 1 rings (SSSR count). The van der Waals surface area contributed by atoms with Crippen molar-refractivity contribution < 1.29 is 23.8 Å². The molecule has 0 radical (unpaired) electrons. The number of hydrogen-bond donors (Lipinski definition) is 0. The minimum atomic E-state index is -0.833. The van der Waals surface area contributed by atoms with Crippen LogP contribution < -0.4 is 9.47 Å². The van der Waals surface area contributed by atoms with Gasteiger partial charge in [-0.3, -0.25) is 4.79 Å². The van der Waals surface area contributed by atoms with Crippen LogP contribution in [-0.4, -0.2) is 31.5 Å². The minimum Gasteiger partial charge on any atom is -0.497 e. The standard InChI is InChI=1S/C17H23NO5/c1-6-22-15(11-14(19)17(2,3)4)18-16(20)23-13-9-7-12(21-5)8-10-13/h7-10H,6,11H2,1-5H3/b18-15-. The number of hydrogen-bond acceptors (Lipinski definition) is 5. The van der Waals surface area contributed by atoms with Gasteiger partial charge in [-0.1, -0.05) is 20.8 Å². The normalized spacial score (nSPS) is 11.8. The lowest BCUT2D eigenvalue weighted by Crippen LogP contribution is -2.25. The fourth-order valence-corrected chi connectivity index (χ4v) is 1.56. The molecule has 0 unspecified atom stereocenters. The molecule has 0 saturated heterocycles. The number of carbonyl (C=O) groups is 2. The molecule has 1 aromatic rings. The van der Waals surface area contributed by atoms with E-state index in [0.717, 1.165) is 0 Å². The Morgan fingerprint density at radius 2 is 1.65 bits per heavy atom. The summed E-state index contributed by atoms with van der Waals surface area (Å²) in [7, 11) is 1.55. The number of Topliss-reactive ketones (excluding diaryl/α,β-unsaturated/α-hetero) is 1. The third-order valence-corrected chi connectivity index (χ3v) is 2.94. The predicted molar refractivity (Wildman–Crippen MR) is 87.2 cm³/mol. The Bertz CT molecular complexity index is 570. The van der Waals surface area contributed by atoms with E-state index in [1.54, 1.807) is 59.1 Å². The van der Waals surface area contributed by atoms with Crippen LogP contribution in [0.15, 0.2) is 29.3 Å². The molecular formula is C17H23NO5. The molecule has 1 aromatic carbocycles. The maximum absolute atomic E-state index is 12.0. The molecule has 23 heavy (non-hydrogen) atoms. The number of carbonyl (C=O) groups excluding carboxylic acids is 2. The number of benzene rings is 1. The van der Waals surface area contributed by atoms with E-state index in [1.807, 2.05) is 0 Å². The molecule has 0 fully saturated rings. The SMILES string of the molecule is CCO/C(CC(=O)C(C)(C)C)=N\C(=O)Oc1ccc(OC)cc1. The first-order chi connectivity index (χ1) is 10.8. The van der Waals surface area contributed by atoms with Crippen molar-refractivity contribution in [2.75, 3.05) is 13.7 Å². The van der Waals surface area contributed by atoms with Crippen molar-refractivity contribution in [2.45, 2.75) is 34.1 Å². The third kappa shape index (κ3) is 6.50. The third-order valence-electron chi connectivity index (χ3n) is 2.94. The number of rotatable bonds is 5. The summed E-state index contributed by atoms with van der Waals surface area (Å²) in [6.45, 7) is 7.47. The molecule has 0 heterocycles. The fourth-order valence-electron chi connectivity index (χ4n) is 1.56. The lowest BCUT2D eigenvalue weighted by molar-refractivity contribution is -0.125. The van der Waals surface area contributed by atoms with Crippen LogP contribution in [0.2, 0.25) is 0 Å². The van der Waals surface area contributed by atoms with Crippen molar-refractivity contribution in [2.24, 2.45) is 10.4 Å². The molecule has 0 N–H and O–H groups in total. The van der Waals surface area contributed by atoms with Crippen LogP contribution in [0, 0.1) is 5.41 Å². The van der Waals surface area contributed by atoms with Crippen LogP contribution in [0.4, 0.5) is 4.79 Å². The van der Waals surface area contributed by atoms with Gasteiger partial charge in [-0.25, -0.2) is 4.79 Å². The van der Waals surface area contributed by atoms with Crippen LogP contribution in [0.5, 0.6) is 11.5 Å². The highest BCUT2D eigenvalue weighted by molar-refractivity contribution is 6.03. The summed E-state index contributed by atoms with van der Waals surface area (Å²) in [5.74, 6) is 0.976. The summed E-state index contributed by atoms with van der Waals surface area (Å²) in [5, 5.41) is 0. The smallest absolute Gasteiger partial charge is 0.442 e. The van der Waals surface area contributed by atoms with E-state index in [-0.39, 0.29) is 18.1 Å². The Labute approximate surface area is 136 Å². The second kappa shape index (κ2) is 8.31. The van der Waals surface area contributed by atoms with E-state index in [2.05, 4.69) is 4.99 Å². The molecule has 0 spiro atoms. The first kappa shape index (κ1) is 18.7. The largest absolute Gasteiger partial charge is 0.497 e. The van der Waals surface area contributed by atoms with Gasteiger partial charge in [-0.05, 0) is 31.2 Å². The van der Waals surface area contributed by atoms with Gasteiger partial charge in [0.25, 0.3) is 0 Å². The second-order valence-electron chi connectivity index (χ2n) is 5.83. The highest BCUT2D eigenvalue weighted by atomic mass is 16.6. The molecule has 0 bridgehead atoms. The monoisotopic (exact) mass is 321 g/mol. The number of methoxy groups -OCH3 is 1. The minimum absolute atomic E-state index is 0.0466. The van der Waals surface area contributed by atoms with Gasteiger partial charge < -0.3 is 14.2 Å². The molecule has 126 valence electrons. The molecular weight excluding hydrogens is 298 g/mol. The van der Waals surface area contributed by atoms with E-state index in [9.17, 15) is 9.59 Å². The first-order valence-electron chi connectivity index (χ1n) is 7.35. The molecule has 0 aliphatic heterocycles. The predicted octanol–water partition coefficient (Wildman–Crippen LogP) is 3.63. The van der Waals surface area contributed by atoms with Crippen molar-refractivity contribution in [1.29, 1.82) is 0 Å². The zero-order valence-electron chi connectivity index (χ0n) is 14.2. The topological polar surface area (TPSA) is 74.2 Å². The average Bonchev–Trinajstić information content (AvgIpc) is 2.47. The Balaban J connectivity index is 2.76. The van der Waals surface area contributed by atoms with E-state index in [0.29, 0.717) is 18.1 Å². The van der Waals surface area contributed by atoms with Gasteiger partial charge in [0.2, 0.25) is 5.90 Å². The molecule has 0 atom stereocenters. The highest BCUT2D eigenvalue weighted by Crippen LogP contribution is 2.19. The molecule has 0 aliphatic rings. The van der Waals surface area contributed by atoms with Gasteiger partial charge in [-0.15, -0.1) is 4.99 Å². The highest BCUT2D eigenvalue weighted by Gasteiger charge is 2.24. The zero-order chi connectivity index (χ0) is 17.5. The van der Waals surface area contributed by atoms with Crippen molar-refractivity contribution in [3.8, 4) is 11.5 Å². The van der Waals surface area contributed by atoms with E-state index < -0.39 is 11.5 Å². The van der Waals surface area contributed by atoms with E-state index in [1.165, 1.54) is 0 Å². The van der Waals surface area contributed by atoms with E-state index in [4.69, 9.17) is 14.2 Å². The number of nitrogens with zero attached hydrogens (tertiary/aromatic N) is 1. The number of amides is 1. The summed E-state index contributed by atoms with van der Waals surface area (Å²) < 4.78 is 15.4. The van der Waals surface area contributed by atoms with Crippen LogP contribution in [-0.2, 0) is 9.53 Å². The second-order valence-corrected chi connectivity index (χ2v) is 5.83. The summed E-state index contributed by atoms with van der Waals surface area (Å²) in [6.07, 6.45) is -0.880. The van der Waals surface area contributed by atoms with Gasteiger partial charge in [0.1, 0.15) is 17.3 Å². The maximum atomic E-state index is 12.0. The van der Waals surface area contributed by atoms with Crippen LogP contribution in [0.25, 0.3) is 0 Å². The van der Waals surface area contributed by atoms with Gasteiger partial charge in [0, 0.05) is 5.41 Å². The van der Waals surface area contributed by atoms with Gasteiger partial charge in [0.15, 0.2) is 0 Å². The number of aliphatic imine (C=N–C) groups is 1. The van der Waals surface area contributed by atoms with E-state index >= 15 is 0 Å². The Kier molecular flexibility index (Phi) is 6.75. The number of ketones is 1. The van der Waals surface area contributed by atoms with Gasteiger partial charge in [0.05, 0.1) is 20.1 Å². The Morgan fingerprint density at radius 3 is 2.13 bits per heavy atom. The van der Waals surface area contributed by atoms with Gasteiger partial charge in [-0.2, -0.15) is 0 Å². The average molecular weight is 321 g/mol. The molecule has 6 heteroatoms. The maximum Gasteiger partial charge on any atom is 0.442 e. The lowest BCUT2D eigenvalue weighted by atomic mass is 9.89. The van der Waals surface area contributed by atoms with Crippen molar-refractivity contribution in [3.05, 3.63) is 24.3 Å².